The van der Waals surface area contributed by atoms with E-state index in [4.69, 9.17) is 0 Å². The Balaban J connectivity index is 2.62. The van der Waals surface area contributed by atoms with Gasteiger partial charge in [0.15, 0.2) is 0 Å². The van der Waals surface area contributed by atoms with E-state index in [0.29, 0.717) is 6.67 Å². The van der Waals surface area contributed by atoms with Crippen molar-refractivity contribution < 1.29 is 9.91 Å². The fourth-order valence-electron chi connectivity index (χ4n) is 0.362. The van der Waals surface area contributed by atoms with Crippen LogP contribution >= 0.6 is 0 Å². The molecule has 2 amide bonds. The van der Waals surface area contributed by atoms with Gasteiger partial charge in [0.2, 0.25) is 6.67 Å². The van der Waals surface area contributed by atoms with Crippen LogP contribution in [-0.4, -0.2) is 24.6 Å². The van der Waals surface area contributed by atoms with Crippen molar-refractivity contribution in [2.75, 3.05) is 13.7 Å². The lowest BCUT2D eigenvalue weighted by Gasteiger charge is -1.93. The van der Waals surface area contributed by atoms with E-state index in [1.54, 1.807) is 7.05 Å². The minimum absolute atomic E-state index is 0.194. The topological polar surface area (TPSA) is 46.6 Å². The number of urea groups is 1. The molecule has 0 atom stereocenters. The molecule has 1 aliphatic heterocycles. The summed E-state index contributed by atoms with van der Waals surface area (Å²) in [5.41, 5.74) is 0. The molecule has 0 saturated heterocycles. The molecule has 0 radical (unpaired) electrons. The van der Waals surface area contributed by atoms with Gasteiger partial charge in [0.1, 0.15) is 0 Å². The average molecular weight is 100 g/mol. The van der Waals surface area contributed by atoms with Gasteiger partial charge in [-0.15, -0.1) is 5.11 Å². The Morgan fingerprint density at radius 1 is 2.00 bits per heavy atom. The maximum absolute atomic E-state index is 10.3. The zero-order valence-corrected chi connectivity index (χ0v) is 4.01. The van der Waals surface area contributed by atoms with Gasteiger partial charge < -0.3 is 0 Å². The molecule has 0 aromatic rings. The Bertz CT molecular complexity index is 119. The molecule has 4 heteroatoms. The summed E-state index contributed by atoms with van der Waals surface area (Å²) in [6, 6.07) is -0.194. The first kappa shape index (κ1) is 4.23. The fraction of sp³-hybridized carbons (Fsp3) is 0.667. The largest absolute Gasteiger partial charge is 0.407 e. The fourth-order valence-corrected chi connectivity index (χ4v) is 0.362. The second kappa shape index (κ2) is 1.29. The summed E-state index contributed by atoms with van der Waals surface area (Å²) in [6.45, 7) is 0.541. The van der Waals surface area contributed by atoms with Crippen molar-refractivity contribution in [2.45, 2.75) is 0 Å². The van der Waals surface area contributed by atoms with E-state index in [2.05, 4.69) is 10.2 Å². The summed E-state index contributed by atoms with van der Waals surface area (Å²) >= 11 is 0. The number of azo groups is 1. The maximum Gasteiger partial charge on any atom is 0.407 e. The van der Waals surface area contributed by atoms with Crippen LogP contribution in [0.4, 0.5) is 4.79 Å². The average Bonchev–Trinajstić information content (AvgIpc) is 1.91. The van der Waals surface area contributed by atoms with Crippen molar-refractivity contribution >= 4 is 6.03 Å². The monoisotopic (exact) mass is 100 g/mol. The molecular weight excluding hydrogens is 94.1 g/mol. The highest BCUT2D eigenvalue weighted by Gasteiger charge is 2.16. The molecule has 38 valence electrons. The highest BCUT2D eigenvalue weighted by molar-refractivity contribution is 5.73. The van der Waals surface area contributed by atoms with E-state index in [0.717, 1.165) is 0 Å². The van der Waals surface area contributed by atoms with Crippen LogP contribution in [0.1, 0.15) is 0 Å². The van der Waals surface area contributed by atoms with E-state index >= 15 is 0 Å². The third kappa shape index (κ3) is 0.581. The van der Waals surface area contributed by atoms with Crippen molar-refractivity contribution in [3.63, 3.8) is 0 Å². The Morgan fingerprint density at radius 3 is 2.86 bits per heavy atom. The number of rotatable bonds is 0. The Kier molecular flexibility index (Phi) is 0.780. The van der Waals surface area contributed by atoms with Gasteiger partial charge >= 0.3 is 6.03 Å². The van der Waals surface area contributed by atoms with Gasteiger partial charge in [-0.2, -0.15) is 0 Å². The third-order valence-corrected chi connectivity index (χ3v) is 0.809. The van der Waals surface area contributed by atoms with Crippen LogP contribution < -0.4 is 5.11 Å². The zero-order chi connectivity index (χ0) is 5.28. The van der Waals surface area contributed by atoms with E-state index in [9.17, 15) is 4.79 Å². The number of hydrogen-bond donors (Lipinski definition) is 1. The molecule has 0 fully saturated rings. The van der Waals surface area contributed by atoms with Gasteiger partial charge in [0.25, 0.3) is 0 Å². The van der Waals surface area contributed by atoms with Gasteiger partial charge in [0, 0.05) is 7.05 Å². The molecule has 0 aromatic carbocycles. The third-order valence-electron chi connectivity index (χ3n) is 0.809. The van der Waals surface area contributed by atoms with Crippen LogP contribution in [0, 0.1) is 0 Å². The molecule has 0 aliphatic carbocycles. The van der Waals surface area contributed by atoms with Gasteiger partial charge in [-0.05, 0) is 0 Å². The summed E-state index contributed by atoms with van der Waals surface area (Å²) in [5.74, 6) is 0. The highest BCUT2D eigenvalue weighted by Crippen LogP contribution is 1.83. The molecule has 0 saturated carbocycles. The first-order valence-corrected chi connectivity index (χ1v) is 1.99. The van der Waals surface area contributed by atoms with Crippen molar-refractivity contribution in [1.29, 1.82) is 0 Å². The quantitative estimate of drug-likeness (QED) is 0.397. The van der Waals surface area contributed by atoms with E-state index < -0.39 is 0 Å². The van der Waals surface area contributed by atoms with Crippen LogP contribution in [0.2, 0.25) is 0 Å². The number of nitrogens with one attached hydrogen (secondary N) is 1. The van der Waals surface area contributed by atoms with Crippen LogP contribution in [0.25, 0.3) is 0 Å². The van der Waals surface area contributed by atoms with Gasteiger partial charge in [-0.25, -0.2) is 4.79 Å². The molecule has 0 spiro atoms. The predicted molar refractivity (Wildman–Crippen MR) is 21.4 cm³/mol. The summed E-state index contributed by atoms with van der Waals surface area (Å²) < 4.78 is 0. The molecule has 0 aromatic heterocycles. The van der Waals surface area contributed by atoms with Gasteiger partial charge in [0.05, 0.1) is 5.11 Å². The molecule has 1 rings (SSSR count). The summed E-state index contributed by atoms with van der Waals surface area (Å²) in [7, 11) is 1.69. The van der Waals surface area contributed by atoms with Gasteiger partial charge in [-0.1, -0.05) is 0 Å². The minimum atomic E-state index is -0.194. The Morgan fingerprint density at radius 2 is 2.71 bits per heavy atom. The van der Waals surface area contributed by atoms with Crippen molar-refractivity contribution in [2.24, 2.45) is 5.11 Å². The predicted octanol–water partition coefficient (Wildman–Crippen LogP) is -1.46. The summed E-state index contributed by atoms with van der Waals surface area (Å²) in [5, 5.41) is 5.88. The highest BCUT2D eigenvalue weighted by atomic mass is 16.2. The first-order valence-electron chi connectivity index (χ1n) is 1.99. The Hall–Kier alpha value is -0.930. The minimum Gasteiger partial charge on any atom is -0.264 e. The molecule has 0 bridgehead atoms. The number of amides is 2. The standard InChI is InChI=1S/C3H5N3O/c1-6-2-4-5-3(6)7/h2H2,1H3/p+1. The lowest BCUT2D eigenvalue weighted by atomic mass is 10.8. The van der Waals surface area contributed by atoms with E-state index in [1.165, 1.54) is 4.90 Å². The number of carbonyl (C=O) groups is 1. The summed E-state index contributed by atoms with van der Waals surface area (Å²) in [6.07, 6.45) is 0. The lowest BCUT2D eigenvalue weighted by molar-refractivity contribution is -0.528. The molecule has 7 heavy (non-hydrogen) atoms. The molecule has 1 aliphatic rings. The normalized spacial score (nSPS) is 19.0. The van der Waals surface area contributed by atoms with Crippen LogP contribution in [-0.2, 0) is 0 Å². The first-order chi connectivity index (χ1) is 3.30. The van der Waals surface area contributed by atoms with Crippen molar-refractivity contribution in [3.8, 4) is 0 Å². The van der Waals surface area contributed by atoms with Crippen molar-refractivity contribution in [1.82, 2.24) is 4.90 Å². The van der Waals surface area contributed by atoms with E-state index in [1.807, 2.05) is 0 Å². The van der Waals surface area contributed by atoms with E-state index in [-0.39, 0.29) is 6.03 Å². The lowest BCUT2D eigenvalue weighted by Crippen LogP contribution is -2.65. The smallest absolute Gasteiger partial charge is 0.264 e. The zero-order valence-electron chi connectivity index (χ0n) is 4.01. The maximum atomic E-state index is 10.3. The molecule has 1 heterocycles. The van der Waals surface area contributed by atoms with Crippen LogP contribution in [0.3, 0.4) is 0 Å². The molecule has 1 N–H and O–H groups in total. The SMILES string of the molecule is CN1C[NH+]=NC1=O. The second-order valence-electron chi connectivity index (χ2n) is 1.41. The van der Waals surface area contributed by atoms with Crippen LogP contribution in [0.15, 0.2) is 5.11 Å². The number of carbonyl (C=O) groups excluding carboxylic acids is 1. The second-order valence-corrected chi connectivity index (χ2v) is 1.41. The Labute approximate surface area is 40.8 Å². The molecule has 4 nitrogen and oxygen atoms in total. The molecule has 0 unspecified atom stereocenters. The van der Waals surface area contributed by atoms with Crippen LogP contribution in [0.5, 0.6) is 0 Å². The van der Waals surface area contributed by atoms with Gasteiger partial charge in [-0.3, -0.25) is 4.90 Å². The van der Waals surface area contributed by atoms with Crippen molar-refractivity contribution in [3.05, 3.63) is 0 Å². The number of nitrogens with zero attached hydrogens (tertiary/aromatic N) is 2. The molecular formula is C3H6N3O+. The summed E-state index contributed by atoms with van der Waals surface area (Å²) in [4.78, 5) is 11.8. The number of hydrogen-bond acceptors (Lipinski definition) is 1.